The van der Waals surface area contributed by atoms with Gasteiger partial charge in [0.05, 0.1) is 0 Å². The Kier molecular flexibility index (Phi) is 4.47. The van der Waals surface area contributed by atoms with Gasteiger partial charge in [-0.2, -0.15) is 11.8 Å². The summed E-state index contributed by atoms with van der Waals surface area (Å²) in [5, 5.41) is 13.1. The largest absolute Gasteiger partial charge is 0.477 e. The van der Waals surface area contributed by atoms with Gasteiger partial charge in [0, 0.05) is 23.2 Å². The zero-order valence-electron chi connectivity index (χ0n) is 10.4. The van der Waals surface area contributed by atoms with Gasteiger partial charge in [0.2, 0.25) is 0 Å². The summed E-state index contributed by atoms with van der Waals surface area (Å²) in [4.78, 5) is 14.6. The van der Waals surface area contributed by atoms with Gasteiger partial charge in [0.15, 0.2) is 0 Å². The van der Waals surface area contributed by atoms with Crippen LogP contribution in [0.3, 0.4) is 0 Å². The van der Waals surface area contributed by atoms with Crippen LogP contribution in [0.25, 0.3) is 0 Å². The number of hydrogen-bond acceptors (Lipinski definition) is 4. The normalized spacial score (nSPS) is 23.6. The van der Waals surface area contributed by atoms with Crippen LogP contribution in [0, 0.1) is 0 Å². The van der Waals surface area contributed by atoms with Gasteiger partial charge in [-0.25, -0.2) is 9.78 Å². The summed E-state index contributed by atoms with van der Waals surface area (Å²) in [6, 6.07) is 3.88. The van der Waals surface area contributed by atoms with Crippen molar-refractivity contribution in [3.05, 3.63) is 24.0 Å². The van der Waals surface area contributed by atoms with Crippen LogP contribution in [0.15, 0.2) is 18.3 Å². The number of carbonyl (C=O) groups is 1. The number of anilines is 1. The van der Waals surface area contributed by atoms with E-state index in [0.717, 1.165) is 23.8 Å². The van der Waals surface area contributed by atoms with Crippen LogP contribution < -0.4 is 5.32 Å². The Morgan fingerprint density at radius 1 is 1.44 bits per heavy atom. The summed E-state index contributed by atoms with van der Waals surface area (Å²) in [5.41, 5.74) is 0.952. The molecule has 18 heavy (non-hydrogen) atoms. The Morgan fingerprint density at radius 2 is 2.17 bits per heavy atom. The van der Waals surface area contributed by atoms with Crippen molar-refractivity contribution < 1.29 is 9.90 Å². The highest BCUT2D eigenvalue weighted by molar-refractivity contribution is 7.99. The van der Waals surface area contributed by atoms with Gasteiger partial charge in [-0.15, -0.1) is 0 Å². The minimum atomic E-state index is -0.982. The zero-order valence-corrected chi connectivity index (χ0v) is 11.2. The molecular weight excluding hydrogens is 248 g/mol. The Bertz CT molecular complexity index is 417. The predicted octanol–water partition coefficient (Wildman–Crippen LogP) is 2.87. The van der Waals surface area contributed by atoms with Crippen LogP contribution in [0.5, 0.6) is 0 Å². The number of thioether (sulfide) groups is 1. The second kappa shape index (κ2) is 6.09. The number of rotatable bonds is 4. The molecule has 0 bridgehead atoms. The van der Waals surface area contributed by atoms with Crippen molar-refractivity contribution in [1.82, 2.24) is 4.98 Å². The fourth-order valence-electron chi connectivity index (χ4n) is 2.32. The minimum absolute atomic E-state index is 0.0952. The monoisotopic (exact) mass is 266 g/mol. The average Bonchev–Trinajstić information content (AvgIpc) is 2.40. The Hall–Kier alpha value is -1.23. The minimum Gasteiger partial charge on any atom is -0.477 e. The molecular formula is C13H18N2O2S. The van der Waals surface area contributed by atoms with E-state index in [0.29, 0.717) is 6.04 Å². The van der Waals surface area contributed by atoms with Crippen molar-refractivity contribution in [3.63, 3.8) is 0 Å². The number of nitrogens with one attached hydrogen (secondary N) is 1. The third kappa shape index (κ3) is 3.38. The number of nitrogens with zero attached hydrogens (tertiary/aromatic N) is 1. The van der Waals surface area contributed by atoms with Crippen LogP contribution >= 0.6 is 11.8 Å². The molecule has 5 heteroatoms. The van der Waals surface area contributed by atoms with E-state index in [9.17, 15) is 4.79 Å². The van der Waals surface area contributed by atoms with Gasteiger partial charge in [0.25, 0.3) is 0 Å². The van der Waals surface area contributed by atoms with Gasteiger partial charge in [-0.3, -0.25) is 0 Å². The van der Waals surface area contributed by atoms with E-state index in [-0.39, 0.29) is 5.69 Å². The van der Waals surface area contributed by atoms with Crippen molar-refractivity contribution >= 4 is 23.4 Å². The molecule has 1 saturated carbocycles. The number of carboxylic acid groups (broad SMARTS) is 1. The quantitative estimate of drug-likeness (QED) is 0.877. The van der Waals surface area contributed by atoms with E-state index < -0.39 is 5.97 Å². The van der Waals surface area contributed by atoms with Crippen molar-refractivity contribution in [2.75, 3.05) is 11.6 Å². The van der Waals surface area contributed by atoms with E-state index in [1.54, 1.807) is 12.3 Å². The Balaban J connectivity index is 1.94. The smallest absolute Gasteiger partial charge is 0.354 e. The highest BCUT2D eigenvalue weighted by Crippen LogP contribution is 2.28. The van der Waals surface area contributed by atoms with Gasteiger partial charge in [-0.05, 0) is 44.1 Å². The summed E-state index contributed by atoms with van der Waals surface area (Å²) < 4.78 is 0. The molecule has 1 aromatic heterocycles. The molecule has 1 heterocycles. The van der Waals surface area contributed by atoms with Crippen LogP contribution in [0.2, 0.25) is 0 Å². The molecule has 0 radical (unpaired) electrons. The van der Waals surface area contributed by atoms with E-state index in [2.05, 4.69) is 16.6 Å². The molecule has 1 aliphatic rings. The molecule has 0 atom stereocenters. The SMILES string of the molecule is CSC1CCC(Nc2ccnc(C(=O)O)c2)CC1. The van der Waals surface area contributed by atoms with E-state index in [1.807, 2.05) is 17.8 Å². The Morgan fingerprint density at radius 3 is 2.78 bits per heavy atom. The molecule has 1 aliphatic carbocycles. The maximum Gasteiger partial charge on any atom is 0.354 e. The molecule has 1 aromatic rings. The number of pyridine rings is 1. The van der Waals surface area contributed by atoms with Crippen LogP contribution in [0.1, 0.15) is 36.2 Å². The maximum atomic E-state index is 10.8. The molecule has 0 spiro atoms. The molecule has 0 unspecified atom stereocenters. The molecule has 1 fully saturated rings. The van der Waals surface area contributed by atoms with Crippen molar-refractivity contribution in [2.45, 2.75) is 37.0 Å². The standard InChI is InChI=1S/C13H18N2O2S/c1-18-11-4-2-9(3-5-11)15-10-6-7-14-12(8-10)13(16)17/h6-9,11H,2-5H2,1H3,(H,14,15)(H,16,17). The predicted molar refractivity (Wildman–Crippen MR) is 74.4 cm³/mol. The molecule has 98 valence electrons. The summed E-state index contributed by atoms with van der Waals surface area (Å²) in [6.07, 6.45) is 8.47. The summed E-state index contributed by atoms with van der Waals surface area (Å²) >= 11 is 1.94. The highest BCUT2D eigenvalue weighted by Gasteiger charge is 2.20. The second-order valence-electron chi connectivity index (χ2n) is 4.59. The lowest BCUT2D eigenvalue weighted by atomic mass is 9.95. The lowest BCUT2D eigenvalue weighted by Gasteiger charge is -2.28. The van der Waals surface area contributed by atoms with Crippen molar-refractivity contribution in [3.8, 4) is 0 Å². The Labute approximate surface area is 111 Å². The van der Waals surface area contributed by atoms with Gasteiger partial charge < -0.3 is 10.4 Å². The first-order valence-electron chi connectivity index (χ1n) is 6.17. The fourth-order valence-corrected chi connectivity index (χ4v) is 3.06. The maximum absolute atomic E-state index is 10.8. The lowest BCUT2D eigenvalue weighted by molar-refractivity contribution is 0.0690. The summed E-state index contributed by atoms with van der Waals surface area (Å²) in [7, 11) is 0. The van der Waals surface area contributed by atoms with Gasteiger partial charge >= 0.3 is 5.97 Å². The molecule has 2 rings (SSSR count). The number of aromatic carboxylic acids is 1. The number of hydrogen-bond donors (Lipinski definition) is 2. The number of carboxylic acids is 1. The van der Waals surface area contributed by atoms with E-state index >= 15 is 0 Å². The molecule has 0 amide bonds. The van der Waals surface area contributed by atoms with Crippen molar-refractivity contribution in [2.24, 2.45) is 0 Å². The first-order chi connectivity index (χ1) is 8.69. The highest BCUT2D eigenvalue weighted by atomic mass is 32.2. The second-order valence-corrected chi connectivity index (χ2v) is 5.73. The fraction of sp³-hybridized carbons (Fsp3) is 0.538. The van der Waals surface area contributed by atoms with E-state index in [1.165, 1.54) is 12.8 Å². The molecule has 0 aromatic carbocycles. The molecule has 4 nitrogen and oxygen atoms in total. The van der Waals surface area contributed by atoms with Gasteiger partial charge in [-0.1, -0.05) is 0 Å². The van der Waals surface area contributed by atoms with E-state index in [4.69, 9.17) is 5.11 Å². The summed E-state index contributed by atoms with van der Waals surface area (Å²) in [6.45, 7) is 0. The third-order valence-corrected chi connectivity index (χ3v) is 4.50. The van der Waals surface area contributed by atoms with Crippen LogP contribution in [0.4, 0.5) is 5.69 Å². The first-order valence-corrected chi connectivity index (χ1v) is 7.46. The first kappa shape index (κ1) is 13.2. The number of aromatic nitrogens is 1. The topological polar surface area (TPSA) is 62.2 Å². The molecule has 0 saturated heterocycles. The van der Waals surface area contributed by atoms with Crippen LogP contribution in [-0.4, -0.2) is 33.6 Å². The zero-order chi connectivity index (χ0) is 13.0. The molecule has 2 N–H and O–H groups in total. The van der Waals surface area contributed by atoms with Crippen LogP contribution in [-0.2, 0) is 0 Å². The van der Waals surface area contributed by atoms with Gasteiger partial charge in [0.1, 0.15) is 5.69 Å². The lowest BCUT2D eigenvalue weighted by Crippen LogP contribution is -2.27. The van der Waals surface area contributed by atoms with Crippen molar-refractivity contribution in [1.29, 1.82) is 0 Å². The average molecular weight is 266 g/mol. The third-order valence-electron chi connectivity index (χ3n) is 3.36. The molecule has 0 aliphatic heterocycles. The summed E-state index contributed by atoms with van der Waals surface area (Å²) in [5.74, 6) is -0.982.